The van der Waals surface area contributed by atoms with Crippen molar-refractivity contribution < 1.29 is 73.2 Å². The van der Waals surface area contributed by atoms with E-state index in [1.54, 1.807) is 4.74 Å². The Hall–Kier alpha value is -1.40. The molecule has 25 heavy (non-hydrogen) atoms. The average molecular weight is 444 g/mol. The molecule has 5 nitrogen and oxygen atoms in total. The van der Waals surface area contributed by atoms with Crippen LogP contribution in [0.2, 0.25) is 0 Å². The van der Waals surface area contributed by atoms with Gasteiger partial charge in [0.15, 0.2) is 0 Å². The van der Waals surface area contributed by atoms with E-state index in [4.69, 9.17) is 0 Å². The molecule has 0 unspecified atom stereocenters. The first-order chi connectivity index (χ1) is 10.6. The van der Waals surface area contributed by atoms with Gasteiger partial charge in [-0.2, -0.15) is 56.3 Å². The van der Waals surface area contributed by atoms with Crippen molar-refractivity contribution in [1.29, 1.82) is 0 Å². The van der Waals surface area contributed by atoms with Crippen molar-refractivity contribution in [3.63, 3.8) is 0 Å². The summed E-state index contributed by atoms with van der Waals surface area (Å²) in [5.41, 5.74) is -8.08. The standard InChI is InChI=1S/C6F12O5S2/c7-1(8)2(9)23-4(11,12)3(10,5(13,14)24(17,19)20)6(15,16)25(18,21)22. The van der Waals surface area contributed by atoms with Crippen molar-refractivity contribution in [3.05, 3.63) is 12.1 Å². The van der Waals surface area contributed by atoms with Gasteiger partial charge >= 0.3 is 54.8 Å². The van der Waals surface area contributed by atoms with Gasteiger partial charge in [-0.05, 0) is 0 Å². The van der Waals surface area contributed by atoms with Crippen molar-refractivity contribution in [2.75, 3.05) is 0 Å². The fourth-order valence-electron chi connectivity index (χ4n) is 1.07. The number of alkyl halides is 7. The highest BCUT2D eigenvalue weighted by Gasteiger charge is 2.92. The molecule has 0 saturated carbocycles. The molecule has 0 rings (SSSR count). The van der Waals surface area contributed by atoms with E-state index >= 15 is 0 Å². The zero-order chi connectivity index (χ0) is 20.9. The predicted octanol–water partition coefficient (Wildman–Crippen LogP) is 3.12. The number of rotatable bonds is 7. The summed E-state index contributed by atoms with van der Waals surface area (Å²) in [6.45, 7) is 0. The van der Waals surface area contributed by atoms with Crippen molar-refractivity contribution >= 4 is 20.4 Å². The average Bonchev–Trinajstić information content (AvgIpc) is 2.33. The Morgan fingerprint density at radius 3 is 1.16 bits per heavy atom. The van der Waals surface area contributed by atoms with Gasteiger partial charge in [-0.15, -0.1) is 0 Å². The Morgan fingerprint density at radius 1 is 0.680 bits per heavy atom. The molecule has 0 aromatic rings. The summed E-state index contributed by atoms with van der Waals surface area (Å²) in [6, 6.07) is -4.08. The lowest BCUT2D eigenvalue weighted by Gasteiger charge is -2.37. The molecular weight excluding hydrogens is 444 g/mol. The molecule has 0 N–H and O–H groups in total. The van der Waals surface area contributed by atoms with Crippen LogP contribution in [0.1, 0.15) is 0 Å². The van der Waals surface area contributed by atoms with Gasteiger partial charge in [0.1, 0.15) is 0 Å². The molecule has 0 aromatic carbocycles. The third kappa shape index (κ3) is 3.47. The summed E-state index contributed by atoms with van der Waals surface area (Å²) in [5.74, 6) is 0. The molecule has 0 spiro atoms. The van der Waals surface area contributed by atoms with Crippen molar-refractivity contribution in [2.24, 2.45) is 0 Å². The summed E-state index contributed by atoms with van der Waals surface area (Å²) in [5, 5.41) is -15.7. The minimum atomic E-state index is -8.25. The predicted molar refractivity (Wildman–Crippen MR) is 50.2 cm³/mol. The van der Waals surface area contributed by atoms with Crippen molar-refractivity contribution in [1.82, 2.24) is 0 Å². The number of hydrogen-bond acceptors (Lipinski definition) is 5. The summed E-state index contributed by atoms with van der Waals surface area (Å²) >= 11 is 0. The largest absolute Gasteiger partial charge is 0.449 e. The Labute approximate surface area is 129 Å². The summed E-state index contributed by atoms with van der Waals surface area (Å²) in [4.78, 5) is 0. The van der Waals surface area contributed by atoms with Gasteiger partial charge in [0.2, 0.25) is 0 Å². The molecule has 150 valence electrons. The smallest absolute Gasteiger partial charge is 0.399 e. The monoisotopic (exact) mass is 444 g/mol. The van der Waals surface area contributed by atoms with Crippen LogP contribution in [-0.2, 0) is 25.2 Å². The fourth-order valence-corrected chi connectivity index (χ4v) is 2.30. The van der Waals surface area contributed by atoms with Crippen LogP contribution in [0.15, 0.2) is 12.1 Å². The van der Waals surface area contributed by atoms with Gasteiger partial charge in [0, 0.05) is 0 Å². The van der Waals surface area contributed by atoms with Gasteiger partial charge in [-0.1, -0.05) is 7.77 Å². The lowest BCUT2D eigenvalue weighted by atomic mass is 10.1. The lowest BCUT2D eigenvalue weighted by Crippen LogP contribution is -2.71. The van der Waals surface area contributed by atoms with E-state index in [1.165, 1.54) is 0 Å². The van der Waals surface area contributed by atoms with Crippen LogP contribution in [0.25, 0.3) is 0 Å². The van der Waals surface area contributed by atoms with Gasteiger partial charge in [0.05, 0.1) is 0 Å². The van der Waals surface area contributed by atoms with Crippen LogP contribution in [-0.4, -0.2) is 39.1 Å². The molecule has 19 heteroatoms. The zero-order valence-electron chi connectivity index (χ0n) is 10.4. The van der Waals surface area contributed by atoms with E-state index in [0.29, 0.717) is 0 Å². The van der Waals surface area contributed by atoms with E-state index in [-0.39, 0.29) is 0 Å². The highest BCUT2D eigenvalue weighted by Crippen LogP contribution is 2.58. The molecule has 0 fully saturated rings. The van der Waals surface area contributed by atoms with Crippen molar-refractivity contribution in [3.8, 4) is 0 Å². The van der Waals surface area contributed by atoms with Crippen molar-refractivity contribution in [2.45, 2.75) is 22.3 Å². The highest BCUT2D eigenvalue weighted by molar-refractivity contribution is 7.88. The SMILES string of the molecule is O=S(=O)(F)C(F)(F)C(F)(C(F)(F)OC(F)=C(F)F)C(F)(F)S(=O)(=O)F. The quantitative estimate of drug-likeness (QED) is 0.343. The van der Waals surface area contributed by atoms with Crippen LogP contribution in [0.5, 0.6) is 0 Å². The second-order valence-electron chi connectivity index (χ2n) is 3.72. The number of hydrogen-bond donors (Lipinski definition) is 0. The van der Waals surface area contributed by atoms with Crippen LogP contribution < -0.4 is 0 Å². The molecule has 0 aliphatic carbocycles. The molecule has 0 radical (unpaired) electrons. The van der Waals surface area contributed by atoms with Gasteiger partial charge in [-0.25, -0.2) is 4.39 Å². The maximum atomic E-state index is 13.7. The Balaban J connectivity index is 7.07. The molecule has 0 bridgehead atoms. The summed E-state index contributed by atoms with van der Waals surface area (Å²) < 4.78 is 194. The van der Waals surface area contributed by atoms with E-state index in [9.17, 15) is 68.5 Å². The lowest BCUT2D eigenvalue weighted by molar-refractivity contribution is -0.369. The van der Waals surface area contributed by atoms with Crippen LogP contribution in [0.4, 0.5) is 51.7 Å². The minimum Gasteiger partial charge on any atom is -0.399 e. The molecule has 0 aliphatic heterocycles. The maximum Gasteiger partial charge on any atom is 0.449 e. The minimum absolute atomic E-state index is 1.76. The Morgan fingerprint density at radius 2 is 0.960 bits per heavy atom. The molecular formula is C6F12O5S2. The second kappa shape index (κ2) is 6.09. The first-order valence-corrected chi connectivity index (χ1v) is 7.45. The van der Waals surface area contributed by atoms with Gasteiger partial charge in [0.25, 0.3) is 0 Å². The maximum absolute atomic E-state index is 13.7. The summed E-state index contributed by atoms with van der Waals surface area (Å²) in [6.07, 6.45) is -11.6. The zero-order valence-corrected chi connectivity index (χ0v) is 12.0. The van der Waals surface area contributed by atoms with Crippen LogP contribution in [0, 0.1) is 0 Å². The first-order valence-electron chi connectivity index (χ1n) is 4.68. The molecule has 0 aliphatic rings. The number of ether oxygens (including phenoxy) is 1. The fraction of sp³-hybridized carbons (Fsp3) is 0.667. The van der Waals surface area contributed by atoms with E-state index < -0.39 is 54.8 Å². The third-order valence-corrected chi connectivity index (χ3v) is 3.97. The van der Waals surface area contributed by atoms with Crippen LogP contribution >= 0.6 is 0 Å². The Bertz CT molecular complexity index is 720. The van der Waals surface area contributed by atoms with Gasteiger partial charge < -0.3 is 4.74 Å². The molecule has 0 aromatic heterocycles. The molecule has 0 heterocycles. The van der Waals surface area contributed by atoms with E-state index in [2.05, 4.69) is 0 Å². The molecule has 0 saturated heterocycles. The van der Waals surface area contributed by atoms with Gasteiger partial charge in [-0.3, -0.25) is 0 Å². The van der Waals surface area contributed by atoms with Crippen LogP contribution in [0.3, 0.4) is 0 Å². The summed E-state index contributed by atoms with van der Waals surface area (Å²) in [7, 11) is -16.5. The van der Waals surface area contributed by atoms with E-state index in [1.807, 2.05) is 0 Å². The third-order valence-electron chi connectivity index (χ3n) is 2.18. The topological polar surface area (TPSA) is 77.5 Å². The Kier molecular flexibility index (Phi) is 5.75. The normalized spacial score (nSPS) is 15.0. The molecule has 0 atom stereocenters. The second-order valence-corrected chi connectivity index (χ2v) is 6.50. The number of halogens is 12. The first kappa shape index (κ1) is 23.6. The van der Waals surface area contributed by atoms with E-state index in [0.717, 1.165) is 0 Å². The highest BCUT2D eigenvalue weighted by atomic mass is 32.3. The molecule has 0 amide bonds.